The molecule has 0 aliphatic heterocycles. The van der Waals surface area contributed by atoms with Crippen LogP contribution in [0, 0.1) is 0 Å². The third kappa shape index (κ3) is 6.59. The molecule has 0 fully saturated rings. The molecule has 3 aromatic rings. The fraction of sp³-hybridized carbons (Fsp3) is 0.227. The highest BCUT2D eigenvalue weighted by molar-refractivity contribution is 7.89. The molecule has 8 nitrogen and oxygen atoms in total. The Morgan fingerprint density at radius 1 is 0.935 bits per heavy atom. The molecular weight excluding hydrogens is 422 g/mol. The zero-order valence-corrected chi connectivity index (χ0v) is 17.8. The molecule has 0 unspecified atom stereocenters. The lowest BCUT2D eigenvalue weighted by Crippen LogP contribution is -2.23. The van der Waals surface area contributed by atoms with Gasteiger partial charge in [0.25, 0.3) is 0 Å². The van der Waals surface area contributed by atoms with E-state index in [1.165, 1.54) is 30.5 Å². The lowest BCUT2D eigenvalue weighted by atomic mass is 10.2. The van der Waals surface area contributed by atoms with E-state index in [4.69, 9.17) is 18.6 Å². The zero-order valence-electron chi connectivity index (χ0n) is 16.9. The van der Waals surface area contributed by atoms with Crippen LogP contribution in [0.4, 0.5) is 0 Å². The van der Waals surface area contributed by atoms with E-state index in [-0.39, 0.29) is 30.2 Å². The zero-order chi connectivity index (χ0) is 22.1. The van der Waals surface area contributed by atoms with Crippen LogP contribution in [0.5, 0.6) is 11.5 Å². The first-order valence-corrected chi connectivity index (χ1v) is 11.1. The maximum Gasteiger partial charge on any atom is 0.338 e. The number of hydrogen-bond donors (Lipinski definition) is 1. The minimum Gasteiger partial charge on any atom is -0.494 e. The highest BCUT2D eigenvalue weighted by atomic mass is 32.2. The summed E-state index contributed by atoms with van der Waals surface area (Å²) in [6.45, 7) is 2.77. The van der Waals surface area contributed by atoms with Crippen molar-refractivity contribution in [3.05, 3.63) is 78.3 Å². The number of nitrogens with one attached hydrogen (secondary N) is 1. The lowest BCUT2D eigenvalue weighted by Gasteiger charge is -2.09. The minimum absolute atomic E-state index is 0.0352. The van der Waals surface area contributed by atoms with Gasteiger partial charge in [0.2, 0.25) is 10.0 Å². The van der Waals surface area contributed by atoms with Crippen molar-refractivity contribution in [3.8, 4) is 11.5 Å². The average molecular weight is 445 g/mol. The molecular formula is C22H23NO7S. The summed E-state index contributed by atoms with van der Waals surface area (Å²) in [4.78, 5) is 12.2. The summed E-state index contributed by atoms with van der Waals surface area (Å²) in [6, 6.07) is 16.0. The Bertz CT molecular complexity index is 1060. The molecule has 0 spiro atoms. The van der Waals surface area contributed by atoms with Crippen molar-refractivity contribution in [2.24, 2.45) is 0 Å². The van der Waals surface area contributed by atoms with Gasteiger partial charge in [-0.15, -0.1) is 0 Å². The maximum atomic E-state index is 12.3. The van der Waals surface area contributed by atoms with Crippen molar-refractivity contribution in [1.82, 2.24) is 4.72 Å². The van der Waals surface area contributed by atoms with Gasteiger partial charge in [-0.1, -0.05) is 0 Å². The summed E-state index contributed by atoms with van der Waals surface area (Å²) in [5, 5.41) is 0. The van der Waals surface area contributed by atoms with Crippen LogP contribution in [0.1, 0.15) is 23.0 Å². The Labute approximate surface area is 180 Å². The number of sulfonamides is 1. The van der Waals surface area contributed by atoms with E-state index < -0.39 is 16.0 Å². The van der Waals surface area contributed by atoms with Crippen molar-refractivity contribution >= 4 is 16.0 Å². The summed E-state index contributed by atoms with van der Waals surface area (Å²) in [5.74, 6) is 1.32. The van der Waals surface area contributed by atoms with Crippen LogP contribution >= 0.6 is 0 Å². The molecule has 31 heavy (non-hydrogen) atoms. The summed E-state index contributed by atoms with van der Waals surface area (Å²) >= 11 is 0. The summed E-state index contributed by atoms with van der Waals surface area (Å²) in [5.41, 5.74) is 0.242. The van der Waals surface area contributed by atoms with Gasteiger partial charge in [0, 0.05) is 0 Å². The van der Waals surface area contributed by atoms with E-state index in [2.05, 4.69) is 4.72 Å². The molecule has 0 amide bonds. The highest BCUT2D eigenvalue weighted by Gasteiger charge is 2.16. The molecule has 0 radical (unpaired) electrons. The molecule has 0 bridgehead atoms. The molecule has 0 atom stereocenters. The van der Waals surface area contributed by atoms with E-state index in [1.54, 1.807) is 36.4 Å². The van der Waals surface area contributed by atoms with Crippen LogP contribution in [0.2, 0.25) is 0 Å². The van der Waals surface area contributed by atoms with Crippen molar-refractivity contribution in [1.29, 1.82) is 0 Å². The van der Waals surface area contributed by atoms with Crippen LogP contribution in [-0.4, -0.2) is 34.2 Å². The van der Waals surface area contributed by atoms with Gasteiger partial charge in [0.1, 0.15) is 30.5 Å². The van der Waals surface area contributed by atoms with Gasteiger partial charge in [0.15, 0.2) is 0 Å². The predicted molar refractivity (Wildman–Crippen MR) is 113 cm³/mol. The number of benzene rings is 2. The van der Waals surface area contributed by atoms with E-state index >= 15 is 0 Å². The van der Waals surface area contributed by atoms with Crippen LogP contribution < -0.4 is 14.2 Å². The van der Waals surface area contributed by atoms with E-state index in [0.29, 0.717) is 18.1 Å². The second kappa shape index (κ2) is 10.6. The summed E-state index contributed by atoms with van der Waals surface area (Å²) in [6.07, 6.45) is 1.47. The Morgan fingerprint density at radius 2 is 1.61 bits per heavy atom. The van der Waals surface area contributed by atoms with Gasteiger partial charge in [-0.2, -0.15) is 0 Å². The molecule has 2 aromatic carbocycles. The van der Waals surface area contributed by atoms with Crippen LogP contribution in [0.25, 0.3) is 0 Å². The summed E-state index contributed by atoms with van der Waals surface area (Å²) < 4.78 is 48.2. The van der Waals surface area contributed by atoms with Crippen molar-refractivity contribution < 1.29 is 31.8 Å². The Balaban J connectivity index is 1.45. The number of hydrogen-bond acceptors (Lipinski definition) is 7. The molecule has 9 heteroatoms. The third-order valence-electron chi connectivity index (χ3n) is 4.14. The number of ether oxygens (including phenoxy) is 3. The predicted octanol–water partition coefficient (Wildman–Crippen LogP) is 3.39. The monoisotopic (exact) mass is 445 g/mol. The first-order valence-electron chi connectivity index (χ1n) is 9.63. The highest BCUT2D eigenvalue weighted by Crippen LogP contribution is 2.17. The lowest BCUT2D eigenvalue weighted by molar-refractivity contribution is 0.0450. The van der Waals surface area contributed by atoms with Gasteiger partial charge in [-0.25, -0.2) is 17.9 Å². The number of carbonyl (C=O) groups is 1. The van der Waals surface area contributed by atoms with Crippen molar-refractivity contribution in [3.63, 3.8) is 0 Å². The first kappa shape index (κ1) is 22.4. The van der Waals surface area contributed by atoms with Gasteiger partial charge >= 0.3 is 5.97 Å². The minimum atomic E-state index is -3.73. The fourth-order valence-corrected chi connectivity index (χ4v) is 3.60. The first-order chi connectivity index (χ1) is 15.0. The van der Waals surface area contributed by atoms with Crippen LogP contribution in [0.3, 0.4) is 0 Å². The van der Waals surface area contributed by atoms with Crippen LogP contribution in [0.15, 0.2) is 76.2 Å². The van der Waals surface area contributed by atoms with Gasteiger partial charge in [-0.3, -0.25) is 0 Å². The van der Waals surface area contributed by atoms with Crippen molar-refractivity contribution in [2.75, 3.05) is 19.8 Å². The summed E-state index contributed by atoms with van der Waals surface area (Å²) in [7, 11) is -3.73. The van der Waals surface area contributed by atoms with Crippen LogP contribution in [-0.2, 0) is 21.3 Å². The third-order valence-corrected chi connectivity index (χ3v) is 5.55. The second-order valence-corrected chi connectivity index (χ2v) is 8.08. The quantitative estimate of drug-likeness (QED) is 0.356. The Morgan fingerprint density at radius 3 is 2.23 bits per heavy atom. The molecule has 3 rings (SSSR count). The van der Waals surface area contributed by atoms with Crippen molar-refractivity contribution in [2.45, 2.75) is 18.4 Å². The van der Waals surface area contributed by atoms with Gasteiger partial charge in [-0.05, 0) is 67.6 Å². The fourth-order valence-electron chi connectivity index (χ4n) is 2.61. The smallest absolute Gasteiger partial charge is 0.338 e. The Kier molecular flexibility index (Phi) is 7.69. The van der Waals surface area contributed by atoms with E-state index in [9.17, 15) is 13.2 Å². The number of carbonyl (C=O) groups excluding carboxylic acids is 1. The van der Waals surface area contributed by atoms with E-state index in [1.807, 2.05) is 6.92 Å². The largest absolute Gasteiger partial charge is 0.494 e. The average Bonchev–Trinajstić information content (AvgIpc) is 3.30. The van der Waals surface area contributed by atoms with Gasteiger partial charge in [0.05, 0.1) is 29.9 Å². The molecule has 0 saturated heterocycles. The molecule has 0 aliphatic rings. The molecule has 0 aliphatic carbocycles. The topological polar surface area (TPSA) is 104 Å². The molecule has 164 valence electrons. The maximum absolute atomic E-state index is 12.3. The normalized spacial score (nSPS) is 11.1. The van der Waals surface area contributed by atoms with Gasteiger partial charge < -0.3 is 18.6 Å². The molecule has 1 N–H and O–H groups in total. The molecule has 1 aromatic heterocycles. The molecule has 0 saturated carbocycles. The number of rotatable bonds is 11. The number of esters is 1. The van der Waals surface area contributed by atoms with E-state index in [0.717, 1.165) is 5.75 Å². The number of furan rings is 1. The second-order valence-electron chi connectivity index (χ2n) is 6.32. The SMILES string of the molecule is CCOc1ccc(OCCOC(=O)c2ccc(S(=O)(=O)NCc3ccco3)cc2)cc1. The molecule has 1 heterocycles. The standard InChI is InChI=1S/C22H23NO7S/c1-2-27-18-7-9-19(10-8-18)29-14-15-30-22(24)17-5-11-21(12-6-17)31(25,26)23-16-20-4-3-13-28-20/h3-13,23H,2,14-16H2,1H3. The Hall–Kier alpha value is -3.30.